The summed E-state index contributed by atoms with van der Waals surface area (Å²) in [5.41, 5.74) is -0.107. The first-order chi connectivity index (χ1) is 8.77. The van der Waals surface area contributed by atoms with Gasteiger partial charge >= 0.3 is 5.97 Å². The second kappa shape index (κ2) is 5.72. The Labute approximate surface area is 111 Å². The number of carbonyl (C=O) groups excluding carboxylic acids is 1. The van der Waals surface area contributed by atoms with Gasteiger partial charge in [0.15, 0.2) is 0 Å². The fourth-order valence-corrected chi connectivity index (χ4v) is 3.25. The number of furan rings is 1. The number of rotatable bonds is 5. The van der Waals surface area contributed by atoms with Gasteiger partial charge in [-0.05, 0) is 13.8 Å². The van der Waals surface area contributed by atoms with Crippen LogP contribution in [-0.4, -0.2) is 51.1 Å². The number of aliphatic hydroxyl groups is 1. The van der Waals surface area contributed by atoms with Gasteiger partial charge in [-0.3, -0.25) is 0 Å². The Morgan fingerprint density at radius 3 is 2.42 bits per heavy atom. The van der Waals surface area contributed by atoms with Gasteiger partial charge < -0.3 is 14.3 Å². The van der Waals surface area contributed by atoms with Crippen molar-refractivity contribution in [2.75, 3.05) is 27.3 Å². The number of methoxy groups -OCH3 is 1. The molecule has 0 aliphatic carbocycles. The van der Waals surface area contributed by atoms with E-state index in [4.69, 9.17) is 9.52 Å². The standard InChI is InChI=1S/C11H17NO6S/c1-7-9(11(14)17-4)10(8(2)18-7)19(15,16)12(3)5-6-13/h13H,5-6H2,1-4H3. The van der Waals surface area contributed by atoms with E-state index in [9.17, 15) is 13.2 Å². The number of aliphatic hydroxyl groups excluding tert-OH is 1. The van der Waals surface area contributed by atoms with Crippen LogP contribution in [0.1, 0.15) is 21.9 Å². The number of likely N-dealkylation sites (N-methyl/N-ethyl adjacent to an activating group) is 1. The summed E-state index contributed by atoms with van der Waals surface area (Å²) in [6.45, 7) is 2.55. The Balaban J connectivity index is 3.46. The molecule has 1 N–H and O–H groups in total. The molecule has 0 radical (unpaired) electrons. The van der Waals surface area contributed by atoms with Crippen molar-refractivity contribution in [2.45, 2.75) is 18.7 Å². The van der Waals surface area contributed by atoms with Gasteiger partial charge in [0.05, 0.1) is 13.7 Å². The molecule has 0 unspecified atom stereocenters. The van der Waals surface area contributed by atoms with Gasteiger partial charge in [0.2, 0.25) is 10.0 Å². The summed E-state index contributed by atoms with van der Waals surface area (Å²) < 4.78 is 35.4. The first-order valence-electron chi connectivity index (χ1n) is 5.52. The van der Waals surface area contributed by atoms with Crippen molar-refractivity contribution in [3.63, 3.8) is 0 Å². The average molecular weight is 291 g/mol. The topological polar surface area (TPSA) is 97.0 Å². The van der Waals surface area contributed by atoms with Gasteiger partial charge in [-0.15, -0.1) is 0 Å². The van der Waals surface area contributed by atoms with Crippen molar-refractivity contribution < 1.29 is 27.5 Å². The zero-order valence-corrected chi connectivity index (χ0v) is 12.1. The molecule has 0 aromatic carbocycles. The number of aryl methyl sites for hydroxylation is 2. The highest BCUT2D eigenvalue weighted by atomic mass is 32.2. The highest BCUT2D eigenvalue weighted by Crippen LogP contribution is 2.29. The molecular weight excluding hydrogens is 274 g/mol. The molecule has 19 heavy (non-hydrogen) atoms. The van der Waals surface area contributed by atoms with E-state index in [1.54, 1.807) is 0 Å². The SMILES string of the molecule is COC(=O)c1c(C)oc(C)c1S(=O)(=O)N(C)CCO. The quantitative estimate of drug-likeness (QED) is 0.783. The molecular formula is C11H17NO6S. The monoisotopic (exact) mass is 291 g/mol. The maximum atomic E-state index is 12.3. The third kappa shape index (κ3) is 2.80. The smallest absolute Gasteiger partial charge is 0.342 e. The van der Waals surface area contributed by atoms with Crippen LogP contribution in [0.4, 0.5) is 0 Å². The molecule has 1 rings (SSSR count). The summed E-state index contributed by atoms with van der Waals surface area (Å²) in [5.74, 6) is -0.478. The normalized spacial score (nSPS) is 11.9. The fourth-order valence-electron chi connectivity index (χ4n) is 1.73. The predicted octanol–water partition coefficient (Wildman–Crippen LogP) is 0.296. The Morgan fingerprint density at radius 2 is 1.95 bits per heavy atom. The lowest BCUT2D eigenvalue weighted by atomic mass is 10.2. The number of hydrogen-bond donors (Lipinski definition) is 1. The largest absolute Gasteiger partial charge is 0.465 e. The van der Waals surface area contributed by atoms with Crippen LogP contribution in [0.15, 0.2) is 9.31 Å². The molecule has 1 aromatic rings. The van der Waals surface area contributed by atoms with Crippen LogP contribution in [-0.2, 0) is 14.8 Å². The van der Waals surface area contributed by atoms with E-state index >= 15 is 0 Å². The van der Waals surface area contributed by atoms with E-state index in [0.29, 0.717) is 0 Å². The number of carbonyl (C=O) groups is 1. The van der Waals surface area contributed by atoms with Gasteiger partial charge in [0, 0.05) is 13.6 Å². The third-order valence-corrected chi connectivity index (χ3v) is 4.69. The van der Waals surface area contributed by atoms with E-state index in [1.165, 1.54) is 20.9 Å². The Morgan fingerprint density at radius 1 is 1.37 bits per heavy atom. The lowest BCUT2D eigenvalue weighted by Gasteiger charge is -2.16. The van der Waals surface area contributed by atoms with Crippen molar-refractivity contribution in [2.24, 2.45) is 0 Å². The first-order valence-corrected chi connectivity index (χ1v) is 6.96. The van der Waals surface area contributed by atoms with Gasteiger partial charge in [-0.2, -0.15) is 4.31 Å². The van der Waals surface area contributed by atoms with E-state index in [-0.39, 0.29) is 35.1 Å². The zero-order chi connectivity index (χ0) is 14.8. The summed E-state index contributed by atoms with van der Waals surface area (Å²) in [5, 5.41) is 8.82. The van der Waals surface area contributed by atoms with Gasteiger partial charge in [-0.1, -0.05) is 0 Å². The summed E-state index contributed by atoms with van der Waals surface area (Å²) in [7, 11) is -1.44. The maximum absolute atomic E-state index is 12.3. The van der Waals surface area contributed by atoms with E-state index in [0.717, 1.165) is 11.4 Å². The summed E-state index contributed by atoms with van der Waals surface area (Å²) in [4.78, 5) is 11.5. The van der Waals surface area contributed by atoms with Crippen molar-refractivity contribution in [1.29, 1.82) is 0 Å². The predicted molar refractivity (Wildman–Crippen MR) is 66.4 cm³/mol. The molecule has 0 aliphatic heterocycles. The third-order valence-electron chi connectivity index (χ3n) is 2.68. The molecule has 0 amide bonds. The molecule has 0 saturated carbocycles. The van der Waals surface area contributed by atoms with Crippen LogP contribution in [0, 0.1) is 13.8 Å². The van der Waals surface area contributed by atoms with Crippen molar-refractivity contribution in [3.8, 4) is 0 Å². The van der Waals surface area contributed by atoms with Crippen LogP contribution >= 0.6 is 0 Å². The molecule has 0 aliphatic rings. The van der Waals surface area contributed by atoms with Crippen molar-refractivity contribution in [3.05, 3.63) is 17.1 Å². The molecule has 7 nitrogen and oxygen atoms in total. The number of nitrogens with zero attached hydrogens (tertiary/aromatic N) is 1. The summed E-state index contributed by atoms with van der Waals surface area (Å²) in [6.07, 6.45) is 0. The first kappa shape index (κ1) is 15.7. The molecule has 0 atom stereocenters. The zero-order valence-electron chi connectivity index (χ0n) is 11.3. The van der Waals surface area contributed by atoms with Crippen molar-refractivity contribution >= 4 is 16.0 Å². The summed E-state index contributed by atoms with van der Waals surface area (Å²) >= 11 is 0. The van der Waals surface area contributed by atoms with Gasteiger partial charge in [0.1, 0.15) is 22.0 Å². The van der Waals surface area contributed by atoms with Crippen LogP contribution in [0.2, 0.25) is 0 Å². The second-order valence-electron chi connectivity index (χ2n) is 3.96. The van der Waals surface area contributed by atoms with Gasteiger partial charge in [0.25, 0.3) is 0 Å². The lowest BCUT2D eigenvalue weighted by Crippen LogP contribution is -2.31. The van der Waals surface area contributed by atoms with Crippen molar-refractivity contribution in [1.82, 2.24) is 4.31 Å². The number of hydrogen-bond acceptors (Lipinski definition) is 6. The fraction of sp³-hybridized carbons (Fsp3) is 0.545. The van der Waals surface area contributed by atoms with Crippen LogP contribution in [0.25, 0.3) is 0 Å². The van der Waals surface area contributed by atoms with E-state index in [1.807, 2.05) is 0 Å². The van der Waals surface area contributed by atoms with Crippen LogP contribution in [0.3, 0.4) is 0 Å². The number of ether oxygens (including phenoxy) is 1. The molecule has 1 heterocycles. The highest BCUT2D eigenvalue weighted by Gasteiger charge is 2.33. The molecule has 0 bridgehead atoms. The second-order valence-corrected chi connectivity index (χ2v) is 5.94. The number of esters is 1. The minimum absolute atomic E-state index is 0.0768. The molecule has 0 fully saturated rings. The Hall–Kier alpha value is -1.38. The molecule has 0 saturated heterocycles. The molecule has 108 valence electrons. The minimum Gasteiger partial charge on any atom is -0.465 e. The average Bonchev–Trinajstić information content (AvgIpc) is 2.64. The van der Waals surface area contributed by atoms with E-state index in [2.05, 4.69) is 4.74 Å². The number of sulfonamides is 1. The summed E-state index contributed by atoms with van der Waals surface area (Å²) in [6, 6.07) is 0. The van der Waals surface area contributed by atoms with Crippen LogP contribution < -0.4 is 0 Å². The minimum atomic E-state index is -3.92. The van der Waals surface area contributed by atoms with Crippen LogP contribution in [0.5, 0.6) is 0 Å². The Bertz CT molecular complexity index is 574. The Kier molecular flexibility index (Phi) is 4.72. The lowest BCUT2D eigenvalue weighted by molar-refractivity contribution is 0.0594. The highest BCUT2D eigenvalue weighted by molar-refractivity contribution is 7.89. The van der Waals surface area contributed by atoms with Gasteiger partial charge in [-0.25, -0.2) is 13.2 Å². The molecule has 0 spiro atoms. The molecule has 8 heteroatoms. The maximum Gasteiger partial charge on any atom is 0.342 e. The molecule has 1 aromatic heterocycles. The van der Waals surface area contributed by atoms with E-state index < -0.39 is 16.0 Å².